The molecule has 1 aliphatic carbocycles. The number of hydrogen-bond acceptors (Lipinski definition) is 4. The number of nitrogens with zero attached hydrogens (tertiary/aromatic N) is 1. The Hall–Kier alpha value is -2.30. The molecule has 0 radical (unpaired) electrons. The van der Waals surface area contributed by atoms with Crippen LogP contribution in [0.5, 0.6) is 5.75 Å². The number of esters is 1. The molecule has 1 aromatic rings. The Morgan fingerprint density at radius 2 is 1.71 bits per heavy atom. The zero-order chi connectivity index (χ0) is 20.2. The summed E-state index contributed by atoms with van der Waals surface area (Å²) in [5.41, 5.74) is 0.947. The lowest BCUT2D eigenvalue weighted by molar-refractivity contribution is -0.144. The summed E-state index contributed by atoms with van der Waals surface area (Å²) in [5.74, 6) is 0.537. The fourth-order valence-corrected chi connectivity index (χ4v) is 3.59. The van der Waals surface area contributed by atoms with E-state index in [1.54, 1.807) is 13.0 Å². The highest BCUT2D eigenvalue weighted by Gasteiger charge is 2.24. The average molecular weight is 388 g/mol. The van der Waals surface area contributed by atoms with Crippen LogP contribution >= 0.6 is 0 Å². The van der Waals surface area contributed by atoms with Gasteiger partial charge in [0.05, 0.1) is 19.6 Å². The van der Waals surface area contributed by atoms with Gasteiger partial charge in [0.15, 0.2) is 0 Å². The lowest BCUT2D eigenvalue weighted by atomic mass is 10.1. The van der Waals surface area contributed by atoms with E-state index in [2.05, 4.69) is 0 Å². The van der Waals surface area contributed by atoms with Gasteiger partial charge in [-0.05, 0) is 50.5 Å². The van der Waals surface area contributed by atoms with E-state index in [1.807, 2.05) is 42.2 Å². The van der Waals surface area contributed by atoms with Crippen LogP contribution in [-0.4, -0.2) is 42.6 Å². The molecule has 0 heterocycles. The summed E-state index contributed by atoms with van der Waals surface area (Å²) in [7, 11) is 0. The highest BCUT2D eigenvalue weighted by atomic mass is 16.5. The van der Waals surface area contributed by atoms with Crippen molar-refractivity contribution in [2.75, 3.05) is 19.8 Å². The van der Waals surface area contributed by atoms with E-state index in [0.717, 1.165) is 37.0 Å². The predicted octanol–water partition coefficient (Wildman–Crippen LogP) is 4.60. The number of ether oxygens (including phenoxy) is 2. The molecule has 0 atom stereocenters. The van der Waals surface area contributed by atoms with E-state index in [0.29, 0.717) is 19.8 Å². The number of amides is 1. The first-order valence-electron chi connectivity index (χ1n) is 10.5. The second-order valence-corrected chi connectivity index (χ2v) is 7.07. The molecule has 5 nitrogen and oxygen atoms in total. The quantitative estimate of drug-likeness (QED) is 0.353. The van der Waals surface area contributed by atoms with Crippen LogP contribution in [0.3, 0.4) is 0 Å². The van der Waals surface area contributed by atoms with Crippen molar-refractivity contribution >= 4 is 18.0 Å². The van der Waals surface area contributed by atoms with Gasteiger partial charge in [-0.3, -0.25) is 9.59 Å². The fraction of sp³-hybridized carbons (Fsp3) is 0.565. The Labute approximate surface area is 168 Å². The maximum Gasteiger partial charge on any atom is 0.307 e. The van der Waals surface area contributed by atoms with Crippen molar-refractivity contribution in [2.24, 2.45) is 0 Å². The lowest BCUT2D eigenvalue weighted by Crippen LogP contribution is -2.40. The Morgan fingerprint density at radius 3 is 2.32 bits per heavy atom. The number of carbonyl (C=O) groups excluding carboxylic acids is 2. The van der Waals surface area contributed by atoms with Crippen molar-refractivity contribution in [1.82, 2.24) is 4.90 Å². The van der Waals surface area contributed by atoms with Gasteiger partial charge >= 0.3 is 5.97 Å². The smallest absolute Gasteiger partial charge is 0.307 e. The summed E-state index contributed by atoms with van der Waals surface area (Å²) in [6.45, 7) is 5.16. The van der Waals surface area contributed by atoms with Gasteiger partial charge in [0, 0.05) is 18.7 Å². The molecule has 0 aromatic heterocycles. The van der Waals surface area contributed by atoms with Gasteiger partial charge in [0.1, 0.15) is 5.75 Å². The van der Waals surface area contributed by atoms with Crippen molar-refractivity contribution in [3.8, 4) is 5.75 Å². The number of rotatable bonds is 9. The first kappa shape index (κ1) is 22.0. The van der Waals surface area contributed by atoms with Crippen molar-refractivity contribution < 1.29 is 19.1 Å². The number of carbonyl (C=O) groups is 2. The topological polar surface area (TPSA) is 55.8 Å². The largest absolute Gasteiger partial charge is 0.494 e. The maximum absolute atomic E-state index is 12.9. The summed E-state index contributed by atoms with van der Waals surface area (Å²) in [4.78, 5) is 26.6. The molecule has 2 rings (SSSR count). The van der Waals surface area contributed by atoms with Gasteiger partial charge in [-0.25, -0.2) is 0 Å². The zero-order valence-electron chi connectivity index (χ0n) is 17.2. The Kier molecular flexibility index (Phi) is 9.60. The van der Waals surface area contributed by atoms with Crippen LogP contribution in [0.2, 0.25) is 0 Å². The highest BCUT2D eigenvalue weighted by molar-refractivity contribution is 5.92. The molecule has 1 amide bonds. The second kappa shape index (κ2) is 12.2. The van der Waals surface area contributed by atoms with E-state index < -0.39 is 0 Å². The van der Waals surface area contributed by atoms with Gasteiger partial charge in [0.25, 0.3) is 0 Å². The summed E-state index contributed by atoms with van der Waals surface area (Å²) >= 11 is 0. The molecular formula is C23H33NO4. The van der Waals surface area contributed by atoms with E-state index in [9.17, 15) is 9.59 Å². The molecule has 0 N–H and O–H groups in total. The van der Waals surface area contributed by atoms with Gasteiger partial charge in [-0.2, -0.15) is 0 Å². The molecule has 0 saturated heterocycles. The van der Waals surface area contributed by atoms with Gasteiger partial charge in [-0.15, -0.1) is 0 Å². The van der Waals surface area contributed by atoms with E-state index >= 15 is 0 Å². The first-order chi connectivity index (χ1) is 13.6. The SMILES string of the molecule is CCOC(=O)CCN(C(=O)/C=C/c1ccc(OCC)cc1)C1CCCCCC1. The molecule has 0 unspecified atom stereocenters. The minimum absolute atomic E-state index is 0.0370. The molecule has 0 aliphatic heterocycles. The van der Waals surface area contributed by atoms with E-state index in [1.165, 1.54) is 12.8 Å². The van der Waals surface area contributed by atoms with Crippen molar-refractivity contribution in [3.05, 3.63) is 35.9 Å². The highest BCUT2D eigenvalue weighted by Crippen LogP contribution is 2.23. The fourth-order valence-electron chi connectivity index (χ4n) is 3.59. The van der Waals surface area contributed by atoms with Crippen molar-refractivity contribution in [1.29, 1.82) is 0 Å². The van der Waals surface area contributed by atoms with Crippen LogP contribution in [0.4, 0.5) is 0 Å². The van der Waals surface area contributed by atoms with Gasteiger partial charge in [-0.1, -0.05) is 37.8 Å². The first-order valence-corrected chi connectivity index (χ1v) is 10.5. The van der Waals surface area contributed by atoms with Crippen LogP contribution in [0.15, 0.2) is 30.3 Å². The molecule has 28 heavy (non-hydrogen) atoms. The average Bonchev–Trinajstić information content (AvgIpc) is 2.97. The minimum Gasteiger partial charge on any atom is -0.494 e. The van der Waals surface area contributed by atoms with Crippen LogP contribution in [0, 0.1) is 0 Å². The Balaban J connectivity index is 2.04. The molecule has 5 heteroatoms. The third-order valence-electron chi connectivity index (χ3n) is 5.02. The summed E-state index contributed by atoms with van der Waals surface area (Å²) in [5, 5.41) is 0. The molecule has 1 aliphatic rings. The number of benzene rings is 1. The summed E-state index contributed by atoms with van der Waals surface area (Å²) in [6.07, 6.45) is 10.4. The molecule has 1 saturated carbocycles. The van der Waals surface area contributed by atoms with Crippen LogP contribution in [-0.2, 0) is 14.3 Å². The van der Waals surface area contributed by atoms with Crippen LogP contribution in [0.1, 0.15) is 64.4 Å². The second-order valence-electron chi connectivity index (χ2n) is 7.07. The standard InChI is InChI=1S/C23H33NO4/c1-3-27-21-14-11-19(12-15-21)13-16-22(25)24(18-17-23(26)28-4-2)20-9-7-5-6-8-10-20/h11-16,20H,3-10,17-18H2,1-2H3/b16-13+. The zero-order valence-corrected chi connectivity index (χ0v) is 17.2. The lowest BCUT2D eigenvalue weighted by Gasteiger charge is -2.30. The molecular weight excluding hydrogens is 354 g/mol. The van der Waals surface area contributed by atoms with E-state index in [-0.39, 0.29) is 24.3 Å². The maximum atomic E-state index is 12.9. The molecule has 1 fully saturated rings. The normalized spacial score (nSPS) is 15.2. The van der Waals surface area contributed by atoms with Gasteiger partial charge < -0.3 is 14.4 Å². The van der Waals surface area contributed by atoms with Crippen LogP contribution < -0.4 is 4.74 Å². The summed E-state index contributed by atoms with van der Waals surface area (Å²) in [6, 6.07) is 7.87. The third-order valence-corrected chi connectivity index (χ3v) is 5.02. The predicted molar refractivity (Wildman–Crippen MR) is 111 cm³/mol. The number of hydrogen-bond donors (Lipinski definition) is 0. The van der Waals surface area contributed by atoms with Gasteiger partial charge in [0.2, 0.25) is 5.91 Å². The van der Waals surface area contributed by atoms with Crippen molar-refractivity contribution in [2.45, 2.75) is 64.8 Å². The van der Waals surface area contributed by atoms with E-state index in [4.69, 9.17) is 9.47 Å². The van der Waals surface area contributed by atoms with Crippen LogP contribution in [0.25, 0.3) is 6.08 Å². The van der Waals surface area contributed by atoms with Crippen molar-refractivity contribution in [3.63, 3.8) is 0 Å². The molecule has 1 aromatic carbocycles. The Bertz CT molecular complexity index is 631. The Morgan fingerprint density at radius 1 is 1.04 bits per heavy atom. The monoisotopic (exact) mass is 387 g/mol. The summed E-state index contributed by atoms with van der Waals surface area (Å²) < 4.78 is 10.5. The molecule has 0 bridgehead atoms. The molecule has 154 valence electrons. The third kappa shape index (κ3) is 7.37. The minimum atomic E-state index is -0.246. The molecule has 0 spiro atoms.